The Balaban J connectivity index is 1.94. The van der Waals surface area contributed by atoms with E-state index in [0.717, 1.165) is 11.5 Å². The molecule has 2 atom stereocenters. The lowest BCUT2D eigenvalue weighted by atomic mass is 10.2. The summed E-state index contributed by atoms with van der Waals surface area (Å²) in [7, 11) is 0. The van der Waals surface area contributed by atoms with Gasteiger partial charge in [0.1, 0.15) is 12.2 Å². The van der Waals surface area contributed by atoms with Gasteiger partial charge in [0.2, 0.25) is 0 Å². The number of aromatic nitrogens is 3. The maximum absolute atomic E-state index is 10.9. The van der Waals surface area contributed by atoms with E-state index in [1.165, 1.54) is 0 Å². The molecule has 1 aromatic carbocycles. The molecular weight excluding hydrogens is 218 g/mol. The van der Waals surface area contributed by atoms with E-state index in [9.17, 15) is 4.79 Å². The monoisotopic (exact) mass is 229 g/mol. The van der Waals surface area contributed by atoms with Crippen molar-refractivity contribution < 1.29 is 9.90 Å². The number of aliphatic carboxylic acids is 1. The zero-order valence-electron chi connectivity index (χ0n) is 9.02. The second-order valence-corrected chi connectivity index (χ2v) is 4.18. The van der Waals surface area contributed by atoms with Gasteiger partial charge in [-0.2, -0.15) is 0 Å². The summed E-state index contributed by atoms with van der Waals surface area (Å²) in [4.78, 5) is 10.9. The van der Waals surface area contributed by atoms with E-state index in [1.54, 1.807) is 6.33 Å². The third-order valence-electron chi connectivity index (χ3n) is 3.05. The lowest BCUT2D eigenvalue weighted by Crippen LogP contribution is -2.04. The summed E-state index contributed by atoms with van der Waals surface area (Å²) in [6.07, 6.45) is 2.28. The zero-order chi connectivity index (χ0) is 11.8. The van der Waals surface area contributed by atoms with Gasteiger partial charge in [-0.05, 0) is 18.6 Å². The van der Waals surface area contributed by atoms with Crippen molar-refractivity contribution in [1.29, 1.82) is 0 Å². The van der Waals surface area contributed by atoms with Gasteiger partial charge < -0.3 is 5.11 Å². The predicted octanol–water partition coefficient (Wildman–Crippen LogP) is 1.46. The van der Waals surface area contributed by atoms with Crippen LogP contribution in [0.3, 0.4) is 0 Å². The van der Waals surface area contributed by atoms with E-state index in [0.29, 0.717) is 6.42 Å². The first kappa shape index (κ1) is 10.0. The summed E-state index contributed by atoms with van der Waals surface area (Å²) in [6.45, 7) is 0. The first-order chi connectivity index (χ1) is 8.27. The minimum absolute atomic E-state index is 0.00444. The number of carboxylic acid groups (broad SMARTS) is 1. The Hall–Kier alpha value is -2.17. The molecule has 17 heavy (non-hydrogen) atoms. The smallest absolute Gasteiger partial charge is 0.307 e. The van der Waals surface area contributed by atoms with Crippen molar-refractivity contribution in [2.24, 2.45) is 5.92 Å². The first-order valence-electron chi connectivity index (χ1n) is 5.45. The molecule has 0 radical (unpaired) electrons. The van der Waals surface area contributed by atoms with E-state index in [-0.39, 0.29) is 11.8 Å². The van der Waals surface area contributed by atoms with E-state index in [1.807, 2.05) is 34.9 Å². The molecule has 0 bridgehead atoms. The maximum atomic E-state index is 10.9. The molecule has 0 saturated heterocycles. The van der Waals surface area contributed by atoms with Crippen LogP contribution in [0.15, 0.2) is 36.7 Å². The summed E-state index contributed by atoms with van der Waals surface area (Å²) in [5.41, 5.74) is 0.962. The van der Waals surface area contributed by atoms with Crippen LogP contribution < -0.4 is 0 Å². The molecule has 1 fully saturated rings. The maximum Gasteiger partial charge on any atom is 0.307 e. The van der Waals surface area contributed by atoms with Gasteiger partial charge in [-0.25, -0.2) is 0 Å². The molecule has 1 aliphatic carbocycles. The van der Waals surface area contributed by atoms with Crippen molar-refractivity contribution in [2.75, 3.05) is 0 Å². The van der Waals surface area contributed by atoms with Crippen LogP contribution in [0.2, 0.25) is 0 Å². The summed E-state index contributed by atoms with van der Waals surface area (Å²) in [5.74, 6) is -0.321. The van der Waals surface area contributed by atoms with Crippen LogP contribution in [-0.4, -0.2) is 25.8 Å². The molecule has 1 aliphatic rings. The molecule has 5 heteroatoms. The van der Waals surface area contributed by atoms with Gasteiger partial charge in [-0.3, -0.25) is 9.36 Å². The van der Waals surface area contributed by atoms with Gasteiger partial charge in [-0.1, -0.05) is 18.2 Å². The van der Waals surface area contributed by atoms with Crippen LogP contribution >= 0.6 is 0 Å². The molecule has 86 valence electrons. The van der Waals surface area contributed by atoms with Gasteiger partial charge in [0.05, 0.1) is 5.92 Å². The number of benzene rings is 1. The number of carboxylic acids is 1. The molecule has 1 N–H and O–H groups in total. The molecule has 0 amide bonds. The quantitative estimate of drug-likeness (QED) is 0.865. The average Bonchev–Trinajstić information content (AvgIpc) is 3.00. The predicted molar refractivity (Wildman–Crippen MR) is 59.8 cm³/mol. The van der Waals surface area contributed by atoms with Crippen molar-refractivity contribution in [1.82, 2.24) is 14.8 Å². The molecule has 1 heterocycles. The number of nitrogens with zero attached hydrogens (tertiary/aromatic N) is 3. The highest BCUT2D eigenvalue weighted by Crippen LogP contribution is 2.46. The second-order valence-electron chi connectivity index (χ2n) is 4.18. The van der Waals surface area contributed by atoms with Crippen molar-refractivity contribution in [3.63, 3.8) is 0 Å². The Labute approximate surface area is 97.7 Å². The fourth-order valence-electron chi connectivity index (χ4n) is 2.04. The summed E-state index contributed by atoms with van der Waals surface area (Å²) in [5, 5.41) is 16.8. The Morgan fingerprint density at radius 1 is 1.35 bits per heavy atom. The van der Waals surface area contributed by atoms with Gasteiger partial charge in [-0.15, -0.1) is 10.2 Å². The van der Waals surface area contributed by atoms with Crippen LogP contribution in [0, 0.1) is 5.92 Å². The van der Waals surface area contributed by atoms with Gasteiger partial charge in [0.15, 0.2) is 0 Å². The van der Waals surface area contributed by atoms with E-state index < -0.39 is 5.97 Å². The minimum atomic E-state index is -0.752. The fourth-order valence-corrected chi connectivity index (χ4v) is 2.04. The van der Waals surface area contributed by atoms with E-state index >= 15 is 0 Å². The first-order valence-corrected chi connectivity index (χ1v) is 5.45. The van der Waals surface area contributed by atoms with Crippen LogP contribution in [-0.2, 0) is 4.79 Å². The average molecular weight is 229 g/mol. The van der Waals surface area contributed by atoms with Crippen LogP contribution in [0.4, 0.5) is 0 Å². The molecule has 2 aromatic rings. The number of rotatable bonds is 3. The van der Waals surface area contributed by atoms with Gasteiger partial charge in [0, 0.05) is 11.6 Å². The molecule has 1 aromatic heterocycles. The molecule has 0 aliphatic heterocycles. The van der Waals surface area contributed by atoms with Gasteiger partial charge >= 0.3 is 5.97 Å². The lowest BCUT2D eigenvalue weighted by Gasteiger charge is -2.04. The normalized spacial score (nSPS) is 22.4. The summed E-state index contributed by atoms with van der Waals surface area (Å²) >= 11 is 0. The lowest BCUT2D eigenvalue weighted by molar-refractivity contribution is -0.138. The minimum Gasteiger partial charge on any atom is -0.481 e. The fraction of sp³-hybridized carbons (Fsp3) is 0.250. The Morgan fingerprint density at radius 2 is 2.12 bits per heavy atom. The molecule has 0 spiro atoms. The van der Waals surface area contributed by atoms with E-state index in [4.69, 9.17) is 5.11 Å². The number of para-hydroxylation sites is 1. The standard InChI is InChI=1S/C12H11N3O2/c16-12(17)10-6-9(10)11-14-13-7-15(11)8-4-2-1-3-5-8/h1-5,7,9-10H,6H2,(H,16,17). The third-order valence-corrected chi connectivity index (χ3v) is 3.05. The third kappa shape index (κ3) is 1.69. The van der Waals surface area contributed by atoms with Crippen molar-refractivity contribution >= 4 is 5.97 Å². The number of hydrogen-bond donors (Lipinski definition) is 1. The molecule has 5 nitrogen and oxygen atoms in total. The summed E-state index contributed by atoms with van der Waals surface area (Å²) in [6, 6.07) is 9.70. The van der Waals surface area contributed by atoms with Crippen molar-refractivity contribution in [3.8, 4) is 5.69 Å². The SMILES string of the molecule is O=C(O)C1CC1c1nncn1-c1ccccc1. The largest absolute Gasteiger partial charge is 0.481 e. The number of carbonyl (C=O) groups is 1. The van der Waals surface area contributed by atoms with Crippen LogP contribution in [0.25, 0.3) is 5.69 Å². The van der Waals surface area contributed by atoms with E-state index in [2.05, 4.69) is 10.2 Å². The topological polar surface area (TPSA) is 68.0 Å². The molecule has 1 saturated carbocycles. The highest BCUT2D eigenvalue weighted by molar-refractivity contribution is 5.74. The molecule has 3 rings (SSSR count). The Morgan fingerprint density at radius 3 is 2.76 bits per heavy atom. The molecular formula is C12H11N3O2. The highest BCUT2D eigenvalue weighted by Gasteiger charge is 2.47. The van der Waals surface area contributed by atoms with Crippen LogP contribution in [0.1, 0.15) is 18.2 Å². The van der Waals surface area contributed by atoms with Crippen molar-refractivity contribution in [2.45, 2.75) is 12.3 Å². The number of hydrogen-bond acceptors (Lipinski definition) is 3. The zero-order valence-corrected chi connectivity index (χ0v) is 9.02. The summed E-state index contributed by atoms with van der Waals surface area (Å²) < 4.78 is 1.85. The van der Waals surface area contributed by atoms with Gasteiger partial charge in [0.25, 0.3) is 0 Å². The van der Waals surface area contributed by atoms with Crippen LogP contribution in [0.5, 0.6) is 0 Å². The second kappa shape index (κ2) is 3.69. The Bertz CT molecular complexity index is 550. The van der Waals surface area contributed by atoms with Crippen molar-refractivity contribution in [3.05, 3.63) is 42.5 Å². The Kier molecular flexibility index (Phi) is 2.18. The molecule has 2 unspecified atom stereocenters. The highest BCUT2D eigenvalue weighted by atomic mass is 16.4.